The maximum Gasteiger partial charge on any atom is 0.305 e. The quantitative estimate of drug-likeness (QED) is 0.334. The fraction of sp³-hybridized carbons (Fsp3) is 0.273. The third-order valence-electron chi connectivity index (χ3n) is 1.89. The molecule has 0 atom stereocenters. The second kappa shape index (κ2) is 7.00. The van der Waals surface area contributed by atoms with Gasteiger partial charge in [-0.2, -0.15) is 0 Å². The van der Waals surface area contributed by atoms with E-state index in [9.17, 15) is 14.9 Å². The van der Waals surface area contributed by atoms with Gasteiger partial charge in [-0.3, -0.25) is 14.9 Å². The molecule has 0 radical (unpaired) electrons. The van der Waals surface area contributed by atoms with Crippen molar-refractivity contribution >= 4 is 17.9 Å². The van der Waals surface area contributed by atoms with Crippen LogP contribution in [0.3, 0.4) is 0 Å². The summed E-state index contributed by atoms with van der Waals surface area (Å²) in [6.45, 7) is 1.71. The van der Waals surface area contributed by atoms with Gasteiger partial charge in [0.15, 0.2) is 5.75 Å². The molecule has 7 heteroatoms. The summed E-state index contributed by atoms with van der Waals surface area (Å²) in [4.78, 5) is 25.6. The zero-order valence-electron chi connectivity index (χ0n) is 9.74. The Balaban J connectivity index is 2.37. The van der Waals surface area contributed by atoms with Gasteiger partial charge in [-0.1, -0.05) is 12.1 Å². The van der Waals surface area contributed by atoms with Gasteiger partial charge in [-0.05, 0) is 12.1 Å². The van der Waals surface area contributed by atoms with Gasteiger partial charge in [0.25, 0.3) is 5.69 Å². The number of hydrogen-bond acceptors (Lipinski definition) is 6. The van der Waals surface area contributed by atoms with Crippen molar-refractivity contribution in [3.63, 3.8) is 0 Å². The topological polar surface area (TPSA) is 91.0 Å². The van der Waals surface area contributed by atoms with E-state index in [1.165, 1.54) is 30.5 Å². The molecule has 0 aliphatic rings. The lowest BCUT2D eigenvalue weighted by Gasteiger charge is -1.98. The molecule has 0 unspecified atom stereocenters. The van der Waals surface area contributed by atoms with Crippen LogP contribution in [0.5, 0.6) is 5.75 Å². The Kier molecular flexibility index (Phi) is 5.30. The van der Waals surface area contributed by atoms with Crippen LogP contribution in [-0.4, -0.2) is 23.7 Å². The molecular formula is C11H12N2O5. The van der Waals surface area contributed by atoms with E-state index in [4.69, 9.17) is 9.57 Å². The van der Waals surface area contributed by atoms with Crippen LogP contribution in [0, 0.1) is 10.1 Å². The second-order valence-electron chi connectivity index (χ2n) is 3.17. The number of benzene rings is 1. The van der Waals surface area contributed by atoms with Crippen molar-refractivity contribution in [3.05, 3.63) is 34.4 Å². The molecule has 0 heterocycles. The summed E-state index contributed by atoms with van der Waals surface area (Å²) in [6.07, 6.45) is 1.59. The van der Waals surface area contributed by atoms with Gasteiger partial charge in [-0.25, -0.2) is 0 Å². The first-order chi connectivity index (χ1) is 8.63. The second-order valence-corrected chi connectivity index (χ2v) is 3.17. The van der Waals surface area contributed by atoms with Gasteiger partial charge in [0.1, 0.15) is 6.61 Å². The lowest BCUT2D eigenvalue weighted by Crippen LogP contribution is -2.04. The van der Waals surface area contributed by atoms with Crippen molar-refractivity contribution in [2.24, 2.45) is 5.16 Å². The minimum atomic E-state index is -0.503. The number of rotatable bonds is 6. The van der Waals surface area contributed by atoms with Crippen molar-refractivity contribution in [2.75, 3.05) is 6.61 Å². The van der Waals surface area contributed by atoms with Crippen LogP contribution in [-0.2, 0) is 9.53 Å². The highest BCUT2D eigenvalue weighted by atomic mass is 16.6. The largest absolute Gasteiger partial charge is 0.460 e. The molecule has 0 saturated carbocycles. The molecule has 0 spiro atoms. The van der Waals surface area contributed by atoms with Crippen LogP contribution in [0.25, 0.3) is 0 Å². The van der Waals surface area contributed by atoms with E-state index in [0.29, 0.717) is 12.2 Å². The summed E-state index contributed by atoms with van der Waals surface area (Å²) in [5.41, 5.74) is -0.0248. The average Bonchev–Trinajstić information content (AvgIpc) is 2.38. The Bertz CT molecular complexity index is 441. The van der Waals surface area contributed by atoms with Gasteiger partial charge in [-0.15, -0.1) is 0 Å². The number of non-ortho nitro benzene ring substituents is 1. The molecule has 0 aromatic heterocycles. The molecule has 0 fully saturated rings. The molecule has 96 valence electrons. The lowest BCUT2D eigenvalue weighted by molar-refractivity contribution is -0.384. The first kappa shape index (κ1) is 13.6. The Hall–Kier alpha value is -2.44. The minimum absolute atomic E-state index is 0.0248. The number of nitrogens with zero attached hydrogens (tertiary/aromatic N) is 2. The maximum atomic E-state index is 10.8. The number of esters is 1. The Morgan fingerprint density at radius 2 is 2.11 bits per heavy atom. The number of carbonyl (C=O) groups excluding carboxylic acids is 1. The fourth-order valence-corrected chi connectivity index (χ4v) is 0.990. The molecule has 1 rings (SSSR count). The van der Waals surface area contributed by atoms with Gasteiger partial charge < -0.3 is 9.57 Å². The molecule has 0 amide bonds. The van der Waals surface area contributed by atoms with Crippen molar-refractivity contribution in [2.45, 2.75) is 13.3 Å². The number of oxime groups is 1. The highest BCUT2D eigenvalue weighted by Crippen LogP contribution is 2.17. The summed E-state index contributed by atoms with van der Waals surface area (Å²) in [5, 5.41) is 13.9. The summed E-state index contributed by atoms with van der Waals surface area (Å²) in [7, 11) is 0. The predicted molar refractivity (Wildman–Crippen MR) is 63.5 cm³/mol. The number of carbonyl (C=O) groups is 1. The van der Waals surface area contributed by atoms with E-state index in [2.05, 4.69) is 5.16 Å². The Morgan fingerprint density at radius 3 is 2.67 bits per heavy atom. The molecular weight excluding hydrogens is 240 g/mol. The molecule has 0 aliphatic carbocycles. The lowest BCUT2D eigenvalue weighted by atomic mass is 10.3. The van der Waals surface area contributed by atoms with Crippen molar-refractivity contribution in [1.29, 1.82) is 0 Å². The van der Waals surface area contributed by atoms with Crippen LogP contribution < -0.4 is 4.84 Å². The van der Waals surface area contributed by atoms with Gasteiger partial charge in [0.2, 0.25) is 0 Å². The molecule has 18 heavy (non-hydrogen) atoms. The average molecular weight is 252 g/mol. The number of nitro groups is 1. The van der Waals surface area contributed by atoms with Crippen LogP contribution in [0.2, 0.25) is 0 Å². The molecule has 0 aliphatic heterocycles. The monoisotopic (exact) mass is 252 g/mol. The Morgan fingerprint density at radius 1 is 1.44 bits per heavy atom. The smallest absolute Gasteiger partial charge is 0.305 e. The van der Waals surface area contributed by atoms with E-state index in [-0.39, 0.29) is 18.3 Å². The third kappa shape index (κ3) is 4.60. The van der Waals surface area contributed by atoms with Crippen LogP contribution >= 0.6 is 0 Å². The number of hydrogen-bond donors (Lipinski definition) is 0. The first-order valence-electron chi connectivity index (χ1n) is 5.22. The van der Waals surface area contributed by atoms with Crippen molar-refractivity contribution in [3.8, 4) is 5.75 Å². The summed E-state index contributed by atoms with van der Waals surface area (Å²) >= 11 is 0. The molecule has 0 N–H and O–H groups in total. The molecule has 1 aromatic rings. The van der Waals surface area contributed by atoms with Crippen molar-refractivity contribution in [1.82, 2.24) is 0 Å². The first-order valence-corrected chi connectivity index (χ1v) is 5.22. The zero-order valence-corrected chi connectivity index (χ0v) is 9.74. The van der Waals surface area contributed by atoms with E-state index >= 15 is 0 Å². The molecule has 1 aromatic carbocycles. The standard InChI is InChI=1S/C11H12N2O5/c1-2-11(14)17-8-7-12-18-10-5-3-9(4-6-10)13(15)16/h3-7H,2,8H2,1H3/b12-7+. The van der Waals surface area contributed by atoms with Crippen LogP contribution in [0.1, 0.15) is 13.3 Å². The normalized spacial score (nSPS) is 10.3. The molecule has 0 bridgehead atoms. The highest BCUT2D eigenvalue weighted by molar-refractivity contribution is 5.71. The zero-order chi connectivity index (χ0) is 13.4. The summed E-state index contributed by atoms with van der Waals surface area (Å²) in [6, 6.07) is 5.46. The van der Waals surface area contributed by atoms with E-state index in [0.717, 1.165) is 0 Å². The van der Waals surface area contributed by atoms with E-state index in [1.807, 2.05) is 0 Å². The van der Waals surface area contributed by atoms with Gasteiger partial charge >= 0.3 is 5.97 Å². The predicted octanol–water partition coefficient (Wildman–Crippen LogP) is 1.91. The van der Waals surface area contributed by atoms with Crippen LogP contribution in [0.15, 0.2) is 29.4 Å². The highest BCUT2D eigenvalue weighted by Gasteiger charge is 2.03. The minimum Gasteiger partial charge on any atom is -0.460 e. The molecule has 0 saturated heterocycles. The fourth-order valence-electron chi connectivity index (χ4n) is 0.990. The molecule has 7 nitrogen and oxygen atoms in total. The van der Waals surface area contributed by atoms with Crippen LogP contribution in [0.4, 0.5) is 5.69 Å². The van der Waals surface area contributed by atoms with Gasteiger partial charge in [0.05, 0.1) is 11.1 Å². The number of ether oxygens (including phenoxy) is 1. The Labute approximate surface area is 103 Å². The summed E-state index contributed by atoms with van der Waals surface area (Å²) < 4.78 is 4.72. The van der Waals surface area contributed by atoms with Gasteiger partial charge in [0, 0.05) is 18.6 Å². The third-order valence-corrected chi connectivity index (χ3v) is 1.89. The van der Waals surface area contributed by atoms with Crippen molar-refractivity contribution < 1.29 is 19.3 Å². The summed E-state index contributed by atoms with van der Waals surface area (Å²) in [5.74, 6) is 0.0375. The van der Waals surface area contributed by atoms with E-state index < -0.39 is 4.92 Å². The maximum absolute atomic E-state index is 10.8. The number of nitro benzene ring substituents is 1. The van der Waals surface area contributed by atoms with E-state index in [1.54, 1.807) is 6.92 Å². The SMILES string of the molecule is CCC(=O)OC/C=N/Oc1ccc([N+](=O)[O-])cc1.